The molecule has 0 aromatic heterocycles. The lowest BCUT2D eigenvalue weighted by Crippen LogP contribution is -2.50. The van der Waals surface area contributed by atoms with E-state index >= 15 is 0 Å². The van der Waals surface area contributed by atoms with Crippen LogP contribution in [-0.4, -0.2) is 136 Å². The van der Waals surface area contributed by atoms with Crippen molar-refractivity contribution in [2.24, 2.45) is 4.99 Å². The Labute approximate surface area is 279 Å². The van der Waals surface area contributed by atoms with Gasteiger partial charge in [-0.2, -0.15) is 0 Å². The maximum Gasteiger partial charge on any atom is 0.137 e. The number of fused-ring (bicyclic) bond motifs is 2. The lowest BCUT2D eigenvalue weighted by atomic mass is 10.1. The number of hydrogen-bond acceptors (Lipinski definition) is 9. The zero-order valence-electron chi connectivity index (χ0n) is 24.0. The number of halogens is 4. The molecule has 2 fully saturated rings. The summed E-state index contributed by atoms with van der Waals surface area (Å²) in [6.45, 7) is 14.1. The number of aliphatic hydroxyl groups is 1. The van der Waals surface area contributed by atoms with Crippen molar-refractivity contribution in [3.8, 4) is 0 Å². The van der Waals surface area contributed by atoms with Crippen LogP contribution in [0.3, 0.4) is 0 Å². The van der Waals surface area contributed by atoms with Crippen LogP contribution in [0.2, 0.25) is 0 Å². The third kappa shape index (κ3) is 11.3. The number of amidine groups is 1. The second kappa shape index (κ2) is 21.0. The molecule has 2 saturated heterocycles. The lowest BCUT2D eigenvalue weighted by Gasteiger charge is -2.36. The van der Waals surface area contributed by atoms with Crippen molar-refractivity contribution in [1.29, 1.82) is 0 Å². The van der Waals surface area contributed by atoms with Gasteiger partial charge in [0.25, 0.3) is 0 Å². The number of nitrogens with zero attached hydrogens (tertiary/aromatic N) is 5. The molecule has 2 aromatic rings. The van der Waals surface area contributed by atoms with E-state index in [0.29, 0.717) is 13.2 Å². The van der Waals surface area contributed by atoms with E-state index in [-0.39, 0.29) is 56.2 Å². The predicted molar refractivity (Wildman–Crippen MR) is 182 cm³/mol. The fourth-order valence-electron chi connectivity index (χ4n) is 5.18. The van der Waals surface area contributed by atoms with Gasteiger partial charge in [0.05, 0.1) is 38.7 Å². The summed E-state index contributed by atoms with van der Waals surface area (Å²) in [5.74, 6) is 1.10. The summed E-state index contributed by atoms with van der Waals surface area (Å²) in [5, 5.41) is 8.79. The quantitative estimate of drug-likeness (QED) is 0.354. The molecule has 5 rings (SSSR count). The highest BCUT2D eigenvalue weighted by Gasteiger charge is 2.25. The van der Waals surface area contributed by atoms with Gasteiger partial charge in [-0.25, -0.2) is 4.99 Å². The molecule has 238 valence electrons. The van der Waals surface area contributed by atoms with Crippen LogP contribution < -0.4 is 0 Å². The van der Waals surface area contributed by atoms with Crippen LogP contribution in [0, 0.1) is 0 Å². The van der Waals surface area contributed by atoms with E-state index in [2.05, 4.69) is 68.1 Å². The van der Waals surface area contributed by atoms with Gasteiger partial charge >= 0.3 is 0 Å². The van der Waals surface area contributed by atoms with Crippen LogP contribution in [0.25, 0.3) is 0 Å². The van der Waals surface area contributed by atoms with Gasteiger partial charge in [-0.1, -0.05) is 42.1 Å². The number of benzene rings is 2. The van der Waals surface area contributed by atoms with E-state index in [1.807, 2.05) is 11.8 Å². The summed E-state index contributed by atoms with van der Waals surface area (Å²) >= 11 is 1.82. The molecule has 3 aliphatic rings. The Bertz CT molecular complexity index is 1060. The summed E-state index contributed by atoms with van der Waals surface area (Å²) in [6.07, 6.45) is 0. The number of aliphatic hydroxyl groups excluding tert-OH is 1. The molecular weight excluding hydrogens is 640 g/mol. The van der Waals surface area contributed by atoms with Crippen molar-refractivity contribution in [3.63, 3.8) is 0 Å². The minimum absolute atomic E-state index is 0. The molecule has 0 unspecified atom stereocenters. The molecule has 0 radical (unpaired) electrons. The second-order valence-corrected chi connectivity index (χ2v) is 11.0. The molecule has 42 heavy (non-hydrogen) atoms. The predicted octanol–water partition coefficient (Wildman–Crippen LogP) is 4.18. The molecular formula is C29H45Cl4N5O3S. The molecule has 8 nitrogen and oxygen atoms in total. The molecule has 2 aromatic carbocycles. The zero-order valence-corrected chi connectivity index (χ0v) is 28.1. The first-order valence-corrected chi connectivity index (χ1v) is 14.7. The van der Waals surface area contributed by atoms with Crippen LogP contribution in [0.5, 0.6) is 0 Å². The summed E-state index contributed by atoms with van der Waals surface area (Å²) in [6, 6.07) is 17.1. The van der Waals surface area contributed by atoms with Crippen molar-refractivity contribution in [1.82, 2.24) is 19.6 Å². The molecule has 1 N–H and O–H groups in total. The maximum atomic E-state index is 8.79. The second-order valence-electron chi connectivity index (χ2n) is 9.96. The molecule has 3 heterocycles. The Morgan fingerprint density at radius 3 is 1.67 bits per heavy atom. The third-order valence-corrected chi connectivity index (χ3v) is 8.61. The number of rotatable bonds is 11. The molecule has 0 spiro atoms. The summed E-state index contributed by atoms with van der Waals surface area (Å²) < 4.78 is 11.4. The minimum atomic E-state index is 0. The van der Waals surface area contributed by atoms with Crippen LogP contribution in [0.15, 0.2) is 63.3 Å². The largest absolute Gasteiger partial charge is 0.394 e. The zero-order chi connectivity index (χ0) is 26.0. The van der Waals surface area contributed by atoms with E-state index in [4.69, 9.17) is 19.6 Å². The van der Waals surface area contributed by atoms with Crippen LogP contribution >= 0.6 is 61.4 Å². The van der Waals surface area contributed by atoms with Crippen molar-refractivity contribution < 1.29 is 14.6 Å². The highest BCUT2D eigenvalue weighted by atomic mass is 35.5. The fourth-order valence-corrected chi connectivity index (χ4v) is 6.20. The average Bonchev–Trinajstić information content (AvgIpc) is 3.13. The summed E-state index contributed by atoms with van der Waals surface area (Å²) in [5.41, 5.74) is 2.30. The van der Waals surface area contributed by atoms with Crippen LogP contribution in [0.4, 0.5) is 5.69 Å². The van der Waals surface area contributed by atoms with Crippen LogP contribution in [0.1, 0.15) is 5.56 Å². The van der Waals surface area contributed by atoms with Crippen molar-refractivity contribution in [2.75, 3.05) is 105 Å². The Kier molecular flexibility index (Phi) is 19.6. The lowest BCUT2D eigenvalue weighted by molar-refractivity contribution is 0.0423. The SMILES string of the molecule is Cl.Cl.Cl.Cl.OCCOCCN1CCN(CCOCCN2CCN(C3=Nc4ccccc4Sc4ccccc43)CC2)CC1. The van der Waals surface area contributed by atoms with Crippen LogP contribution in [-0.2, 0) is 9.47 Å². The topological polar surface area (TPSA) is 64.0 Å². The molecule has 0 atom stereocenters. The van der Waals surface area contributed by atoms with Gasteiger partial charge in [0, 0.05) is 87.3 Å². The molecule has 0 saturated carbocycles. The van der Waals surface area contributed by atoms with E-state index < -0.39 is 0 Å². The van der Waals surface area contributed by atoms with Gasteiger partial charge in [-0.05, 0) is 18.2 Å². The first-order valence-electron chi connectivity index (χ1n) is 13.9. The number of hydrogen-bond donors (Lipinski definition) is 1. The molecule has 0 amide bonds. The Morgan fingerprint density at radius 2 is 1.10 bits per heavy atom. The maximum absolute atomic E-state index is 8.79. The molecule has 13 heteroatoms. The van der Waals surface area contributed by atoms with Crippen molar-refractivity contribution in [3.05, 3.63) is 54.1 Å². The van der Waals surface area contributed by atoms with Crippen molar-refractivity contribution >= 4 is 72.9 Å². The third-order valence-electron chi connectivity index (χ3n) is 7.47. The Balaban J connectivity index is 0.00000220. The highest BCUT2D eigenvalue weighted by molar-refractivity contribution is 7.99. The molecule has 0 aliphatic carbocycles. The molecule has 0 bridgehead atoms. The monoisotopic (exact) mass is 683 g/mol. The van der Waals surface area contributed by atoms with Gasteiger partial charge in [0.2, 0.25) is 0 Å². The standard InChI is InChI=1S/C29H41N5O3S.4ClH/c35-20-24-37-23-19-32-11-9-31(10-12-32)17-21-36-22-18-33-13-15-34(16-14-33)29-25-5-1-3-7-27(25)38-28-8-4-2-6-26(28)30-29;;;;/h1-8,35H,9-24H2;4*1H. The van der Waals surface area contributed by atoms with Gasteiger partial charge in [0.1, 0.15) is 5.84 Å². The smallest absolute Gasteiger partial charge is 0.137 e. The Hall–Kier alpha value is -0.820. The number of aliphatic imine (C=N–C) groups is 1. The number of ether oxygens (including phenoxy) is 2. The number of piperazine rings is 2. The normalized spacial score (nSPS) is 17.3. The van der Waals surface area contributed by atoms with Gasteiger partial charge in [-0.3, -0.25) is 14.7 Å². The Morgan fingerprint density at radius 1 is 0.619 bits per heavy atom. The highest BCUT2D eigenvalue weighted by Crippen LogP contribution is 2.40. The summed E-state index contributed by atoms with van der Waals surface area (Å²) in [4.78, 5) is 17.5. The van der Waals surface area contributed by atoms with E-state index in [1.54, 1.807) is 0 Å². The summed E-state index contributed by atoms with van der Waals surface area (Å²) in [7, 11) is 0. The molecule has 3 aliphatic heterocycles. The van der Waals surface area contributed by atoms with E-state index in [9.17, 15) is 0 Å². The van der Waals surface area contributed by atoms with Gasteiger partial charge in [0.15, 0.2) is 0 Å². The first kappa shape index (κ1) is 39.2. The van der Waals surface area contributed by atoms with E-state index in [0.717, 1.165) is 96.7 Å². The number of para-hydroxylation sites is 1. The van der Waals surface area contributed by atoms with Gasteiger partial charge < -0.3 is 19.5 Å². The van der Waals surface area contributed by atoms with E-state index in [1.165, 1.54) is 15.4 Å². The van der Waals surface area contributed by atoms with Gasteiger partial charge in [-0.15, -0.1) is 49.6 Å². The minimum Gasteiger partial charge on any atom is -0.394 e. The average molecular weight is 686 g/mol. The fraction of sp³-hybridized carbons (Fsp3) is 0.552. The van der Waals surface area contributed by atoms with Crippen molar-refractivity contribution in [2.45, 2.75) is 9.79 Å². The first-order chi connectivity index (χ1) is 18.8.